The van der Waals surface area contributed by atoms with Crippen LogP contribution in [0.5, 0.6) is 11.5 Å². The fraction of sp³-hybridized carbons (Fsp3) is 0.0500. The van der Waals surface area contributed by atoms with Crippen molar-refractivity contribution in [2.75, 3.05) is 0 Å². The van der Waals surface area contributed by atoms with Gasteiger partial charge >= 0.3 is 0 Å². The first-order valence-corrected chi connectivity index (χ1v) is 7.86. The van der Waals surface area contributed by atoms with Crippen LogP contribution in [-0.4, -0.2) is 31.9 Å². The Morgan fingerprint density at radius 1 is 0.846 bits per heavy atom. The number of hydrogen-bond acceptors (Lipinski definition) is 6. The molecule has 0 spiro atoms. The lowest BCUT2D eigenvalue weighted by molar-refractivity contribution is 0.0973. The predicted octanol–water partition coefficient (Wildman–Crippen LogP) is 2.35. The third-order valence-corrected chi connectivity index (χ3v) is 4.50. The third-order valence-electron chi connectivity index (χ3n) is 4.50. The maximum Gasteiger partial charge on any atom is 0.198 e. The van der Waals surface area contributed by atoms with Crippen LogP contribution in [0, 0.1) is 0 Å². The molecule has 26 heavy (non-hydrogen) atoms. The van der Waals surface area contributed by atoms with E-state index < -0.39 is 29.2 Å². The topological polar surface area (TPSA) is 108 Å². The zero-order chi connectivity index (χ0) is 18.4. The van der Waals surface area contributed by atoms with Gasteiger partial charge in [-0.05, 0) is 23.8 Å². The molecular formula is C20H13NO5. The van der Waals surface area contributed by atoms with E-state index >= 15 is 0 Å². The van der Waals surface area contributed by atoms with Crippen molar-refractivity contribution in [1.82, 2.24) is 4.98 Å². The standard InChI is InChI=1S/C20H13NO5/c22-14-9-13(17(23)10-5-7-21-8-6-10)20(26)16-15(14)18(24)11-3-1-2-4-12(11)19(16)25/h1-9,17,22-23,26H. The summed E-state index contributed by atoms with van der Waals surface area (Å²) in [6.07, 6.45) is 1.65. The van der Waals surface area contributed by atoms with E-state index in [4.69, 9.17) is 0 Å². The van der Waals surface area contributed by atoms with E-state index in [0.717, 1.165) is 6.07 Å². The number of carbonyl (C=O) groups excluding carboxylic acids is 2. The molecule has 6 nitrogen and oxygen atoms in total. The first kappa shape index (κ1) is 16.0. The van der Waals surface area contributed by atoms with Crippen molar-refractivity contribution in [2.45, 2.75) is 6.10 Å². The molecule has 0 fully saturated rings. The Morgan fingerprint density at radius 3 is 2.04 bits per heavy atom. The second-order valence-electron chi connectivity index (χ2n) is 5.97. The van der Waals surface area contributed by atoms with Crippen LogP contribution < -0.4 is 0 Å². The van der Waals surface area contributed by atoms with Crippen molar-refractivity contribution in [3.63, 3.8) is 0 Å². The van der Waals surface area contributed by atoms with E-state index in [1.54, 1.807) is 24.3 Å². The number of aliphatic hydroxyl groups is 1. The average molecular weight is 347 g/mol. The molecule has 6 heteroatoms. The molecule has 3 aromatic rings. The highest BCUT2D eigenvalue weighted by Gasteiger charge is 2.36. The number of aromatic nitrogens is 1. The number of hydrogen-bond donors (Lipinski definition) is 3. The minimum absolute atomic E-state index is 0.0621. The number of fused-ring (bicyclic) bond motifs is 2. The van der Waals surface area contributed by atoms with Crippen LogP contribution in [0.1, 0.15) is 49.1 Å². The number of nitrogens with zero attached hydrogens (tertiary/aromatic N) is 1. The second-order valence-corrected chi connectivity index (χ2v) is 5.97. The Bertz CT molecular complexity index is 1060. The van der Waals surface area contributed by atoms with Crippen LogP contribution in [0.15, 0.2) is 54.9 Å². The maximum absolute atomic E-state index is 12.8. The van der Waals surface area contributed by atoms with Crippen LogP contribution in [0.25, 0.3) is 0 Å². The van der Waals surface area contributed by atoms with Gasteiger partial charge in [0.1, 0.15) is 17.6 Å². The minimum atomic E-state index is -1.30. The van der Waals surface area contributed by atoms with Crippen molar-refractivity contribution in [3.8, 4) is 11.5 Å². The van der Waals surface area contributed by atoms with E-state index in [9.17, 15) is 24.9 Å². The average Bonchev–Trinajstić information content (AvgIpc) is 2.67. The Balaban J connectivity index is 1.94. The van der Waals surface area contributed by atoms with Gasteiger partial charge in [0.15, 0.2) is 11.6 Å². The van der Waals surface area contributed by atoms with Crippen molar-refractivity contribution in [3.05, 3.63) is 88.2 Å². The number of phenols is 2. The van der Waals surface area contributed by atoms with E-state index in [-0.39, 0.29) is 27.8 Å². The molecule has 0 amide bonds. The maximum atomic E-state index is 12.8. The van der Waals surface area contributed by atoms with Gasteiger partial charge < -0.3 is 15.3 Å². The molecule has 3 N–H and O–H groups in total. The van der Waals surface area contributed by atoms with Crippen LogP contribution in [0.3, 0.4) is 0 Å². The Kier molecular flexibility index (Phi) is 3.56. The fourth-order valence-corrected chi connectivity index (χ4v) is 3.21. The van der Waals surface area contributed by atoms with E-state index in [0.29, 0.717) is 5.56 Å². The summed E-state index contributed by atoms with van der Waals surface area (Å²) in [6.45, 7) is 0. The van der Waals surface area contributed by atoms with Gasteiger partial charge in [0.05, 0.1) is 11.1 Å². The molecule has 1 aromatic heterocycles. The van der Waals surface area contributed by atoms with Gasteiger partial charge in [-0.15, -0.1) is 0 Å². The number of aliphatic hydroxyl groups excluding tert-OH is 1. The van der Waals surface area contributed by atoms with Crippen LogP contribution in [-0.2, 0) is 0 Å². The summed E-state index contributed by atoms with van der Waals surface area (Å²) in [7, 11) is 0. The summed E-state index contributed by atoms with van der Waals surface area (Å²) in [5.41, 5.74) is 0.128. The lowest BCUT2D eigenvalue weighted by atomic mass is 9.81. The fourth-order valence-electron chi connectivity index (χ4n) is 3.21. The van der Waals surface area contributed by atoms with Gasteiger partial charge in [0, 0.05) is 29.1 Å². The first-order valence-electron chi connectivity index (χ1n) is 7.86. The molecule has 0 saturated heterocycles. The predicted molar refractivity (Wildman–Crippen MR) is 91.4 cm³/mol. The van der Waals surface area contributed by atoms with Crippen molar-refractivity contribution < 1.29 is 24.9 Å². The largest absolute Gasteiger partial charge is 0.507 e. The highest BCUT2D eigenvalue weighted by atomic mass is 16.3. The lowest BCUT2D eigenvalue weighted by Gasteiger charge is -2.22. The lowest BCUT2D eigenvalue weighted by Crippen LogP contribution is -2.22. The molecule has 1 heterocycles. The van der Waals surface area contributed by atoms with E-state index in [1.807, 2.05) is 0 Å². The van der Waals surface area contributed by atoms with Gasteiger partial charge in [-0.3, -0.25) is 14.6 Å². The molecule has 0 saturated carbocycles. The monoisotopic (exact) mass is 347 g/mol. The van der Waals surface area contributed by atoms with Crippen LogP contribution in [0.4, 0.5) is 0 Å². The highest BCUT2D eigenvalue weighted by Crippen LogP contribution is 2.42. The molecule has 2 aromatic carbocycles. The van der Waals surface area contributed by atoms with Crippen LogP contribution >= 0.6 is 0 Å². The van der Waals surface area contributed by atoms with E-state index in [2.05, 4.69) is 4.98 Å². The molecule has 0 aliphatic heterocycles. The normalized spacial score (nSPS) is 13.9. The Labute approximate surface area is 148 Å². The summed E-state index contributed by atoms with van der Waals surface area (Å²) in [4.78, 5) is 29.4. The zero-order valence-electron chi connectivity index (χ0n) is 13.4. The smallest absolute Gasteiger partial charge is 0.198 e. The van der Waals surface area contributed by atoms with E-state index in [1.165, 1.54) is 24.5 Å². The van der Waals surface area contributed by atoms with Crippen molar-refractivity contribution in [2.24, 2.45) is 0 Å². The summed E-state index contributed by atoms with van der Waals surface area (Å²) >= 11 is 0. The van der Waals surface area contributed by atoms with Crippen LogP contribution in [0.2, 0.25) is 0 Å². The van der Waals surface area contributed by atoms with Crippen molar-refractivity contribution >= 4 is 11.6 Å². The molecule has 1 aliphatic carbocycles. The van der Waals surface area contributed by atoms with Gasteiger partial charge in [-0.2, -0.15) is 0 Å². The molecule has 1 aliphatic rings. The number of benzene rings is 2. The number of phenolic OH excluding ortho intramolecular Hbond substituents is 2. The van der Waals surface area contributed by atoms with Crippen molar-refractivity contribution in [1.29, 1.82) is 0 Å². The molecule has 1 atom stereocenters. The third kappa shape index (κ3) is 2.20. The molecule has 0 bridgehead atoms. The number of carbonyl (C=O) groups is 2. The van der Waals surface area contributed by atoms with Gasteiger partial charge in [0.25, 0.3) is 0 Å². The molecule has 4 rings (SSSR count). The zero-order valence-corrected chi connectivity index (χ0v) is 13.4. The number of ketones is 2. The summed E-state index contributed by atoms with van der Waals surface area (Å²) < 4.78 is 0. The molecule has 0 radical (unpaired) electrons. The Morgan fingerprint density at radius 2 is 1.42 bits per heavy atom. The summed E-state index contributed by atoms with van der Waals surface area (Å²) in [5, 5.41) is 31.6. The molecule has 128 valence electrons. The number of pyridine rings is 1. The quantitative estimate of drug-likeness (QED) is 0.481. The Hall–Kier alpha value is -3.51. The first-order chi connectivity index (χ1) is 12.5. The number of aromatic hydroxyl groups is 2. The molecule has 1 unspecified atom stereocenters. The minimum Gasteiger partial charge on any atom is -0.507 e. The summed E-state index contributed by atoms with van der Waals surface area (Å²) in [5.74, 6) is -2.11. The number of rotatable bonds is 2. The van der Waals surface area contributed by atoms with Gasteiger partial charge in [-0.1, -0.05) is 24.3 Å². The summed E-state index contributed by atoms with van der Waals surface area (Å²) in [6, 6.07) is 10.4. The van der Waals surface area contributed by atoms with Gasteiger partial charge in [0.2, 0.25) is 0 Å². The van der Waals surface area contributed by atoms with Gasteiger partial charge in [-0.25, -0.2) is 0 Å². The molecular weight excluding hydrogens is 334 g/mol. The SMILES string of the molecule is O=C1c2ccccc2C(=O)c2c(O)c(C(O)c3ccncc3)cc(O)c21. The highest BCUT2D eigenvalue weighted by molar-refractivity contribution is 6.30. The second kappa shape index (κ2) is 5.79.